The first-order valence-corrected chi connectivity index (χ1v) is 7.73. The molecule has 0 aliphatic carbocycles. The molecule has 0 aromatic carbocycles. The lowest BCUT2D eigenvalue weighted by molar-refractivity contribution is -0.157. The minimum Gasteiger partial charge on any atom is -0.480 e. The molecule has 0 saturated heterocycles. The first-order valence-electron chi connectivity index (χ1n) is 7.73. The minimum atomic E-state index is -4.71. The van der Waals surface area contributed by atoms with Gasteiger partial charge in [-0.2, -0.15) is 18.3 Å². The molecular formula is C16H24F3N3O3. The van der Waals surface area contributed by atoms with Crippen LogP contribution < -0.4 is 5.32 Å². The number of carboxylic acid groups (broad SMARTS) is 1. The van der Waals surface area contributed by atoms with E-state index in [1.807, 2.05) is 46.9 Å². The van der Waals surface area contributed by atoms with Crippen molar-refractivity contribution >= 4 is 11.9 Å². The molecule has 1 aromatic heterocycles. The Morgan fingerprint density at radius 3 is 2.08 bits per heavy atom. The highest BCUT2D eigenvalue weighted by Gasteiger charge is 2.37. The van der Waals surface area contributed by atoms with Crippen LogP contribution in [0.4, 0.5) is 13.2 Å². The van der Waals surface area contributed by atoms with Crippen LogP contribution in [0.3, 0.4) is 0 Å². The van der Waals surface area contributed by atoms with E-state index in [9.17, 15) is 22.8 Å². The molecule has 1 amide bonds. The van der Waals surface area contributed by atoms with E-state index in [1.165, 1.54) is 6.20 Å². The van der Waals surface area contributed by atoms with Gasteiger partial charge in [0.2, 0.25) is 0 Å². The van der Waals surface area contributed by atoms with Crippen molar-refractivity contribution in [1.82, 2.24) is 15.1 Å². The van der Waals surface area contributed by atoms with Crippen molar-refractivity contribution in [3.8, 4) is 0 Å². The third kappa shape index (κ3) is 5.75. The van der Waals surface area contributed by atoms with Crippen LogP contribution in [-0.4, -0.2) is 39.0 Å². The van der Waals surface area contributed by atoms with Crippen molar-refractivity contribution in [3.05, 3.63) is 17.5 Å². The van der Waals surface area contributed by atoms with Gasteiger partial charge in [0.05, 0.1) is 23.2 Å². The molecule has 1 atom stereocenters. The first kappa shape index (κ1) is 21.0. The maximum atomic E-state index is 12.5. The van der Waals surface area contributed by atoms with E-state index in [0.29, 0.717) is 5.69 Å². The Balaban J connectivity index is 3.23. The van der Waals surface area contributed by atoms with Gasteiger partial charge in [-0.15, -0.1) is 0 Å². The second-order valence-electron chi connectivity index (χ2n) is 7.94. The van der Waals surface area contributed by atoms with Crippen molar-refractivity contribution in [2.24, 2.45) is 0 Å². The van der Waals surface area contributed by atoms with Crippen molar-refractivity contribution in [3.63, 3.8) is 0 Å². The van der Waals surface area contributed by atoms with Crippen LogP contribution in [0.25, 0.3) is 0 Å². The fourth-order valence-corrected chi connectivity index (χ4v) is 2.11. The Morgan fingerprint density at radius 1 is 1.20 bits per heavy atom. The van der Waals surface area contributed by atoms with Gasteiger partial charge >= 0.3 is 12.1 Å². The summed E-state index contributed by atoms with van der Waals surface area (Å²) in [6.07, 6.45) is -4.92. The third-order valence-corrected chi connectivity index (χ3v) is 3.40. The van der Waals surface area contributed by atoms with Gasteiger partial charge in [-0.25, -0.2) is 4.79 Å². The van der Waals surface area contributed by atoms with Crippen LogP contribution in [-0.2, 0) is 15.7 Å². The summed E-state index contributed by atoms with van der Waals surface area (Å²) in [5.41, 5.74) is -0.547. The lowest BCUT2D eigenvalue weighted by Gasteiger charge is -2.20. The Labute approximate surface area is 144 Å². The third-order valence-electron chi connectivity index (χ3n) is 3.40. The monoisotopic (exact) mass is 363 g/mol. The Morgan fingerprint density at radius 2 is 1.72 bits per heavy atom. The highest BCUT2D eigenvalue weighted by Crippen LogP contribution is 2.27. The zero-order valence-electron chi connectivity index (χ0n) is 15.2. The molecule has 0 fully saturated rings. The summed E-state index contributed by atoms with van der Waals surface area (Å²) in [6, 6.07) is -2.06. The molecule has 0 saturated carbocycles. The molecular weight excluding hydrogens is 339 g/mol. The number of nitrogens with zero attached hydrogens (tertiary/aromatic N) is 2. The molecule has 25 heavy (non-hydrogen) atoms. The number of aromatic nitrogens is 2. The predicted molar refractivity (Wildman–Crippen MR) is 85.5 cm³/mol. The summed E-state index contributed by atoms with van der Waals surface area (Å²) in [5, 5.41) is 15.3. The number of hydrogen-bond donors (Lipinski definition) is 2. The molecule has 9 heteroatoms. The normalized spacial score (nSPS) is 14.3. The van der Waals surface area contributed by atoms with Crippen molar-refractivity contribution < 1.29 is 27.9 Å². The number of hydrogen-bond acceptors (Lipinski definition) is 3. The summed E-state index contributed by atoms with van der Waals surface area (Å²) in [5.74, 6) is -2.64. The number of carboxylic acids is 1. The fourth-order valence-electron chi connectivity index (χ4n) is 2.11. The van der Waals surface area contributed by atoms with E-state index < -0.39 is 41.5 Å². The molecule has 0 aliphatic rings. The quantitative estimate of drug-likeness (QED) is 0.861. The SMILES string of the molecule is CC(C)(C)c1nn(C(C)(C)C)cc1C(=O)NC(CC(F)(F)F)C(=O)O. The highest BCUT2D eigenvalue weighted by molar-refractivity contribution is 5.97. The summed E-state index contributed by atoms with van der Waals surface area (Å²) < 4.78 is 39.1. The largest absolute Gasteiger partial charge is 0.480 e. The summed E-state index contributed by atoms with van der Waals surface area (Å²) >= 11 is 0. The van der Waals surface area contributed by atoms with Crippen LogP contribution in [0.5, 0.6) is 0 Å². The van der Waals surface area contributed by atoms with Gasteiger partial charge in [0.25, 0.3) is 5.91 Å². The van der Waals surface area contributed by atoms with Crippen LogP contribution in [0.1, 0.15) is 64.0 Å². The summed E-state index contributed by atoms with van der Waals surface area (Å²) in [6.45, 7) is 11.0. The van der Waals surface area contributed by atoms with E-state index in [0.717, 1.165) is 0 Å². The number of alkyl halides is 3. The summed E-state index contributed by atoms with van der Waals surface area (Å²) in [4.78, 5) is 23.5. The maximum absolute atomic E-state index is 12.5. The molecule has 1 rings (SSSR count). The second kappa shape index (κ2) is 6.68. The average Bonchev–Trinajstić information content (AvgIpc) is 2.80. The molecule has 2 N–H and O–H groups in total. The van der Waals surface area contributed by atoms with Gasteiger partial charge in [-0.3, -0.25) is 9.48 Å². The Bertz CT molecular complexity index is 652. The van der Waals surface area contributed by atoms with E-state index in [2.05, 4.69) is 5.10 Å². The maximum Gasteiger partial charge on any atom is 0.391 e. The number of aliphatic carboxylic acids is 1. The van der Waals surface area contributed by atoms with E-state index in [-0.39, 0.29) is 5.56 Å². The predicted octanol–water partition coefficient (Wildman–Crippen LogP) is 3.07. The number of rotatable bonds is 4. The van der Waals surface area contributed by atoms with E-state index in [4.69, 9.17) is 5.11 Å². The van der Waals surface area contributed by atoms with Gasteiger partial charge in [0.1, 0.15) is 6.04 Å². The van der Waals surface area contributed by atoms with Gasteiger partial charge in [-0.1, -0.05) is 20.8 Å². The molecule has 142 valence electrons. The van der Waals surface area contributed by atoms with E-state index in [1.54, 1.807) is 4.68 Å². The minimum absolute atomic E-state index is 0.0656. The number of carbonyl (C=O) groups excluding carboxylic acids is 1. The molecule has 1 aromatic rings. The first-order chi connectivity index (χ1) is 11.0. The van der Waals surface area contributed by atoms with Crippen molar-refractivity contribution in [1.29, 1.82) is 0 Å². The lowest BCUT2D eigenvalue weighted by Crippen LogP contribution is -2.44. The molecule has 6 nitrogen and oxygen atoms in total. The molecule has 1 unspecified atom stereocenters. The zero-order valence-corrected chi connectivity index (χ0v) is 15.2. The Hall–Kier alpha value is -2.06. The van der Waals surface area contributed by atoms with Crippen molar-refractivity contribution in [2.75, 3.05) is 0 Å². The van der Waals surface area contributed by atoms with Gasteiger partial charge < -0.3 is 10.4 Å². The fraction of sp³-hybridized carbons (Fsp3) is 0.688. The number of amides is 1. The smallest absolute Gasteiger partial charge is 0.391 e. The molecule has 1 heterocycles. The lowest BCUT2D eigenvalue weighted by atomic mass is 9.89. The van der Waals surface area contributed by atoms with E-state index >= 15 is 0 Å². The van der Waals surface area contributed by atoms with Gasteiger partial charge in [0.15, 0.2) is 0 Å². The molecule has 0 aliphatic heterocycles. The van der Waals surface area contributed by atoms with Gasteiger partial charge in [-0.05, 0) is 20.8 Å². The highest BCUT2D eigenvalue weighted by atomic mass is 19.4. The topological polar surface area (TPSA) is 84.2 Å². The van der Waals surface area contributed by atoms with Crippen molar-refractivity contribution in [2.45, 2.75) is 71.1 Å². The van der Waals surface area contributed by atoms with Crippen LogP contribution in [0.2, 0.25) is 0 Å². The second-order valence-corrected chi connectivity index (χ2v) is 7.94. The van der Waals surface area contributed by atoms with Crippen LogP contribution >= 0.6 is 0 Å². The standard InChI is InChI=1S/C16H24F3N3O3/c1-14(2,3)11-9(8-22(21-11)15(4,5)6)12(23)20-10(13(24)25)7-16(17,18)19/h8,10H,7H2,1-6H3,(H,20,23)(H,24,25). The van der Waals surface area contributed by atoms with Crippen LogP contribution in [0.15, 0.2) is 6.20 Å². The number of carbonyl (C=O) groups is 2. The molecule has 0 radical (unpaired) electrons. The summed E-state index contributed by atoms with van der Waals surface area (Å²) in [7, 11) is 0. The number of nitrogens with one attached hydrogen (secondary N) is 1. The van der Waals surface area contributed by atoms with Gasteiger partial charge in [0, 0.05) is 11.6 Å². The zero-order chi connectivity index (χ0) is 19.8. The van der Waals surface area contributed by atoms with Crippen LogP contribution in [0, 0.1) is 0 Å². The average molecular weight is 363 g/mol. The molecule has 0 spiro atoms. The molecule has 0 bridgehead atoms. The Kier molecular flexibility index (Phi) is 5.61. The number of halogens is 3.